The van der Waals surface area contributed by atoms with Gasteiger partial charge in [0.05, 0.1) is 5.02 Å². The van der Waals surface area contributed by atoms with Crippen LogP contribution in [-0.4, -0.2) is 17.2 Å². The maximum atomic E-state index is 12.8. The molecule has 0 saturated heterocycles. The summed E-state index contributed by atoms with van der Waals surface area (Å²) in [5.41, 5.74) is 0.266. The molecule has 1 N–H and O–H groups in total. The summed E-state index contributed by atoms with van der Waals surface area (Å²) in [6.07, 6.45) is -2.38. The van der Waals surface area contributed by atoms with Crippen LogP contribution in [0.2, 0.25) is 5.02 Å². The Kier molecular flexibility index (Phi) is 3.41. The molecule has 5 heteroatoms. The molecule has 0 bridgehead atoms. The van der Waals surface area contributed by atoms with Gasteiger partial charge in [0, 0.05) is 6.42 Å². The summed E-state index contributed by atoms with van der Waals surface area (Å²) in [6, 6.07) is 3.68. The Labute approximate surface area is 84.1 Å². The number of benzene rings is 1. The molecule has 1 rings (SSSR count). The summed E-state index contributed by atoms with van der Waals surface area (Å²) in [7, 11) is 0. The van der Waals surface area contributed by atoms with Crippen LogP contribution in [0.5, 0.6) is 0 Å². The number of alkyl halides is 1. The van der Waals surface area contributed by atoms with E-state index in [-0.39, 0.29) is 17.0 Å². The molecule has 1 aromatic rings. The SMILES string of the molecule is O=C(O)[C@@H](F)Cc1ccc(Cl)c(F)c1. The van der Waals surface area contributed by atoms with Gasteiger partial charge in [-0.25, -0.2) is 13.6 Å². The predicted molar refractivity (Wildman–Crippen MR) is 47.6 cm³/mol. The molecule has 0 amide bonds. The first-order valence-electron chi connectivity index (χ1n) is 3.81. The summed E-state index contributed by atoms with van der Waals surface area (Å²) in [5, 5.41) is 8.20. The molecule has 14 heavy (non-hydrogen) atoms. The van der Waals surface area contributed by atoms with Gasteiger partial charge in [0.15, 0.2) is 0 Å². The van der Waals surface area contributed by atoms with E-state index in [0.717, 1.165) is 6.07 Å². The average Bonchev–Trinajstić information content (AvgIpc) is 2.11. The van der Waals surface area contributed by atoms with Crippen molar-refractivity contribution < 1.29 is 18.7 Å². The van der Waals surface area contributed by atoms with Gasteiger partial charge in [0.1, 0.15) is 5.82 Å². The van der Waals surface area contributed by atoms with Crippen molar-refractivity contribution in [3.8, 4) is 0 Å². The van der Waals surface area contributed by atoms with E-state index >= 15 is 0 Å². The highest BCUT2D eigenvalue weighted by molar-refractivity contribution is 6.30. The molecule has 0 aliphatic carbocycles. The zero-order valence-corrected chi connectivity index (χ0v) is 7.76. The monoisotopic (exact) mass is 220 g/mol. The molecule has 0 fully saturated rings. The molecular formula is C9H7ClF2O2. The Morgan fingerprint density at radius 3 is 2.71 bits per heavy atom. The van der Waals surface area contributed by atoms with Gasteiger partial charge in [-0.3, -0.25) is 0 Å². The highest BCUT2D eigenvalue weighted by atomic mass is 35.5. The maximum absolute atomic E-state index is 12.8. The minimum Gasteiger partial charge on any atom is -0.479 e. The van der Waals surface area contributed by atoms with Gasteiger partial charge in [-0.05, 0) is 17.7 Å². The third kappa shape index (κ3) is 2.67. The van der Waals surface area contributed by atoms with Gasteiger partial charge < -0.3 is 5.11 Å². The van der Waals surface area contributed by atoms with E-state index in [1.165, 1.54) is 12.1 Å². The molecule has 0 heterocycles. The summed E-state index contributed by atoms with van der Waals surface area (Å²) in [5.74, 6) is -2.23. The Morgan fingerprint density at radius 2 is 2.21 bits per heavy atom. The van der Waals surface area contributed by atoms with Crippen LogP contribution in [0.3, 0.4) is 0 Å². The molecule has 2 nitrogen and oxygen atoms in total. The van der Waals surface area contributed by atoms with Crippen molar-refractivity contribution in [1.82, 2.24) is 0 Å². The number of hydrogen-bond donors (Lipinski definition) is 1. The second kappa shape index (κ2) is 4.37. The molecule has 0 aromatic heterocycles. The van der Waals surface area contributed by atoms with Gasteiger partial charge in [-0.2, -0.15) is 0 Å². The number of rotatable bonds is 3. The topological polar surface area (TPSA) is 37.3 Å². The van der Waals surface area contributed by atoms with Crippen molar-refractivity contribution in [2.24, 2.45) is 0 Å². The second-order valence-electron chi connectivity index (χ2n) is 2.76. The Balaban J connectivity index is 2.78. The van der Waals surface area contributed by atoms with Crippen molar-refractivity contribution >= 4 is 17.6 Å². The lowest BCUT2D eigenvalue weighted by Gasteiger charge is -2.03. The minimum atomic E-state index is -2.02. The van der Waals surface area contributed by atoms with E-state index in [1.807, 2.05) is 0 Å². The second-order valence-corrected chi connectivity index (χ2v) is 3.17. The van der Waals surface area contributed by atoms with Crippen LogP contribution in [0.25, 0.3) is 0 Å². The van der Waals surface area contributed by atoms with E-state index in [9.17, 15) is 13.6 Å². The first-order valence-corrected chi connectivity index (χ1v) is 4.19. The highest BCUT2D eigenvalue weighted by Gasteiger charge is 2.16. The molecule has 0 unspecified atom stereocenters. The number of halogens is 3. The largest absolute Gasteiger partial charge is 0.479 e. The first-order chi connectivity index (χ1) is 6.50. The fourth-order valence-corrected chi connectivity index (χ4v) is 1.08. The van der Waals surface area contributed by atoms with Crippen LogP contribution in [0.15, 0.2) is 18.2 Å². The molecule has 76 valence electrons. The van der Waals surface area contributed by atoms with E-state index in [2.05, 4.69) is 0 Å². The zero-order chi connectivity index (χ0) is 10.7. The highest BCUT2D eigenvalue weighted by Crippen LogP contribution is 2.17. The molecule has 0 aliphatic heterocycles. The van der Waals surface area contributed by atoms with Crippen molar-refractivity contribution in [1.29, 1.82) is 0 Å². The average molecular weight is 221 g/mol. The summed E-state index contributed by atoms with van der Waals surface area (Å²) in [4.78, 5) is 10.2. The zero-order valence-electron chi connectivity index (χ0n) is 7.01. The number of aliphatic carboxylic acids is 1. The lowest BCUT2D eigenvalue weighted by molar-refractivity contribution is -0.142. The van der Waals surface area contributed by atoms with Gasteiger partial charge in [0.2, 0.25) is 6.17 Å². The third-order valence-electron chi connectivity index (χ3n) is 1.67. The molecule has 0 saturated carbocycles. The van der Waals surface area contributed by atoms with Gasteiger partial charge >= 0.3 is 5.97 Å². The fraction of sp³-hybridized carbons (Fsp3) is 0.222. The third-order valence-corrected chi connectivity index (χ3v) is 1.97. The van der Waals surface area contributed by atoms with E-state index in [4.69, 9.17) is 16.7 Å². The normalized spacial score (nSPS) is 12.5. The number of carbonyl (C=O) groups is 1. The quantitative estimate of drug-likeness (QED) is 0.850. The van der Waals surface area contributed by atoms with Gasteiger partial charge in [0.25, 0.3) is 0 Å². The van der Waals surface area contributed by atoms with Crippen LogP contribution < -0.4 is 0 Å². The lowest BCUT2D eigenvalue weighted by atomic mass is 10.1. The first kappa shape index (κ1) is 10.9. The van der Waals surface area contributed by atoms with E-state index in [1.54, 1.807) is 0 Å². The smallest absolute Gasteiger partial charge is 0.338 e. The van der Waals surface area contributed by atoms with Crippen LogP contribution in [0, 0.1) is 5.82 Å². The standard InChI is InChI=1S/C9H7ClF2O2/c10-6-2-1-5(3-7(6)11)4-8(12)9(13)14/h1-3,8H,4H2,(H,13,14)/t8-/m0/s1. The Bertz CT molecular complexity index is 355. The molecule has 0 aliphatic rings. The van der Waals surface area contributed by atoms with Crippen LogP contribution >= 0.6 is 11.6 Å². The maximum Gasteiger partial charge on any atom is 0.338 e. The van der Waals surface area contributed by atoms with E-state index in [0.29, 0.717) is 0 Å². The molecule has 1 aromatic carbocycles. The van der Waals surface area contributed by atoms with Crippen molar-refractivity contribution in [2.75, 3.05) is 0 Å². The Hall–Kier alpha value is -1.16. The Morgan fingerprint density at radius 1 is 1.57 bits per heavy atom. The summed E-state index contributed by atoms with van der Waals surface area (Å²) < 4.78 is 25.5. The van der Waals surface area contributed by atoms with Crippen molar-refractivity contribution in [3.05, 3.63) is 34.6 Å². The number of carboxylic acids is 1. The molecule has 0 radical (unpaired) electrons. The van der Waals surface area contributed by atoms with Crippen LogP contribution in [0.1, 0.15) is 5.56 Å². The number of carboxylic acid groups (broad SMARTS) is 1. The van der Waals surface area contributed by atoms with Crippen LogP contribution in [0.4, 0.5) is 8.78 Å². The minimum absolute atomic E-state index is 0.0699. The fourth-order valence-electron chi connectivity index (χ4n) is 0.961. The van der Waals surface area contributed by atoms with Gasteiger partial charge in [-0.1, -0.05) is 17.7 Å². The van der Waals surface area contributed by atoms with Crippen molar-refractivity contribution in [2.45, 2.75) is 12.6 Å². The molecular weight excluding hydrogens is 214 g/mol. The predicted octanol–water partition coefficient (Wildman–Crippen LogP) is 2.44. The summed E-state index contributed by atoms with van der Waals surface area (Å²) >= 11 is 5.39. The molecule has 1 atom stereocenters. The number of hydrogen-bond acceptors (Lipinski definition) is 1. The van der Waals surface area contributed by atoms with Gasteiger partial charge in [-0.15, -0.1) is 0 Å². The van der Waals surface area contributed by atoms with Crippen LogP contribution in [-0.2, 0) is 11.2 Å². The molecule has 0 spiro atoms. The van der Waals surface area contributed by atoms with Crippen molar-refractivity contribution in [3.63, 3.8) is 0 Å². The van der Waals surface area contributed by atoms with E-state index < -0.39 is 18.0 Å². The lowest BCUT2D eigenvalue weighted by Crippen LogP contribution is -2.17. The summed E-state index contributed by atoms with van der Waals surface area (Å²) in [6.45, 7) is 0.